The van der Waals surface area contributed by atoms with Gasteiger partial charge in [0.05, 0.1) is 34.6 Å². The number of piperazine rings is 2. The minimum atomic E-state index is -4.44. The minimum Gasteiger partial charge on any atom is -0.297 e. The first kappa shape index (κ1) is 55.1. The third kappa shape index (κ3) is 13.4. The van der Waals surface area contributed by atoms with Crippen molar-refractivity contribution >= 4 is 12.2 Å². The predicted octanol–water partition coefficient (Wildman–Crippen LogP) is 11.4. The molecular weight excluding hydrogens is 1000 g/mol. The van der Waals surface area contributed by atoms with Crippen molar-refractivity contribution in [1.82, 2.24) is 60.0 Å². The molecule has 0 amide bonds. The minimum absolute atomic E-state index is 0.504. The molecule has 2 aromatic heterocycles. The largest absolute Gasteiger partial charge is 0.416 e. The molecule has 0 unspecified atom stereocenters. The zero-order valence-corrected chi connectivity index (χ0v) is 44.0. The van der Waals surface area contributed by atoms with Crippen LogP contribution in [0.3, 0.4) is 0 Å². The first-order valence-electron chi connectivity index (χ1n) is 26.0. The van der Waals surface area contributed by atoms with Crippen LogP contribution in [0.15, 0.2) is 158 Å². The van der Waals surface area contributed by atoms with Gasteiger partial charge in [-0.05, 0) is 117 Å². The van der Waals surface area contributed by atoms with Crippen molar-refractivity contribution in [2.45, 2.75) is 52.1 Å². The Labute approximate surface area is 450 Å². The van der Waals surface area contributed by atoms with Gasteiger partial charge in [0, 0.05) is 65.4 Å². The summed E-state index contributed by atoms with van der Waals surface area (Å²) in [6.45, 7) is 15.3. The molecule has 78 heavy (non-hydrogen) atoms. The van der Waals surface area contributed by atoms with Crippen LogP contribution in [0.25, 0.3) is 23.5 Å². The lowest BCUT2D eigenvalue weighted by Crippen LogP contribution is -2.48. The number of para-hydroxylation sites is 2. The fraction of sp³-hybridized carbons (Fsp3) is 0.300. The van der Waals surface area contributed by atoms with Crippen LogP contribution in [0.1, 0.15) is 79.4 Å². The van der Waals surface area contributed by atoms with Crippen LogP contribution < -0.4 is 0 Å². The summed E-state index contributed by atoms with van der Waals surface area (Å²) in [5.41, 5.74) is 7.62. The van der Waals surface area contributed by atoms with Gasteiger partial charge < -0.3 is 0 Å². The van der Waals surface area contributed by atoms with Gasteiger partial charge in [0.15, 0.2) is 11.6 Å². The van der Waals surface area contributed by atoms with Gasteiger partial charge in [-0.25, -0.2) is 0 Å². The average Bonchev–Trinajstić information content (AvgIpc) is 4.19. The van der Waals surface area contributed by atoms with E-state index < -0.39 is 35.6 Å². The number of alkyl halides is 6. The molecule has 4 heterocycles. The van der Waals surface area contributed by atoms with Crippen molar-refractivity contribution in [3.63, 3.8) is 0 Å². The Kier molecular flexibility index (Phi) is 17.5. The molecule has 0 saturated carbocycles. The van der Waals surface area contributed by atoms with E-state index in [4.69, 9.17) is 0 Å². The number of aryl methyl sites for hydroxylation is 4. The van der Waals surface area contributed by atoms with Crippen molar-refractivity contribution in [3.05, 3.63) is 225 Å². The number of nitrogens with zero attached hydrogens (tertiary/aromatic N) is 12. The highest BCUT2D eigenvalue weighted by Crippen LogP contribution is 2.37. The number of hydrogen-bond acceptors (Lipinski definition) is 10. The van der Waals surface area contributed by atoms with E-state index in [9.17, 15) is 26.3 Å². The van der Waals surface area contributed by atoms with Crippen LogP contribution in [-0.4, -0.2) is 125 Å². The maximum absolute atomic E-state index is 13.7. The monoisotopic (exact) mass is 1060 g/mol. The zero-order valence-electron chi connectivity index (χ0n) is 44.0. The van der Waals surface area contributed by atoms with Gasteiger partial charge in [0.2, 0.25) is 0 Å². The maximum atomic E-state index is 13.7. The molecule has 0 aliphatic carbocycles. The van der Waals surface area contributed by atoms with Crippen LogP contribution in [0, 0.1) is 27.7 Å². The Morgan fingerprint density at radius 2 is 0.782 bits per heavy atom. The smallest absolute Gasteiger partial charge is 0.297 e. The lowest BCUT2D eigenvalue weighted by Gasteiger charge is -2.38. The summed E-state index contributed by atoms with van der Waals surface area (Å²) < 4.78 is 85.5. The van der Waals surface area contributed by atoms with E-state index in [1.165, 1.54) is 24.3 Å². The van der Waals surface area contributed by atoms with Gasteiger partial charge in [0.1, 0.15) is 0 Å². The van der Waals surface area contributed by atoms with Gasteiger partial charge in [0.25, 0.3) is 0 Å². The van der Waals surface area contributed by atoms with Gasteiger partial charge in [-0.15, -0.1) is 10.2 Å². The van der Waals surface area contributed by atoms with Crippen LogP contribution in [0.2, 0.25) is 0 Å². The normalized spacial score (nSPS) is 16.1. The van der Waals surface area contributed by atoms with E-state index in [1.54, 1.807) is 21.5 Å². The van der Waals surface area contributed by atoms with Crippen LogP contribution in [-0.2, 0) is 12.4 Å². The van der Waals surface area contributed by atoms with Crippen molar-refractivity contribution in [2.24, 2.45) is 0 Å². The number of hydrogen-bond donors (Lipinski definition) is 0. The van der Waals surface area contributed by atoms with Gasteiger partial charge >= 0.3 is 12.4 Å². The zero-order chi connectivity index (χ0) is 54.8. The molecule has 0 N–H and O–H groups in total. The quantitative estimate of drug-likeness (QED) is 0.0979. The third-order valence-electron chi connectivity index (χ3n) is 14.3. The summed E-state index contributed by atoms with van der Waals surface area (Å²) in [5, 5.41) is 25.3. The Bertz CT molecular complexity index is 3020. The molecule has 0 radical (unpaired) electrons. The first-order chi connectivity index (χ1) is 37.6. The van der Waals surface area contributed by atoms with E-state index in [1.807, 2.05) is 100 Å². The fourth-order valence-corrected chi connectivity index (χ4v) is 10.4. The fourth-order valence-electron chi connectivity index (χ4n) is 10.4. The average molecular weight is 1070 g/mol. The molecule has 404 valence electrons. The number of benzene rings is 6. The molecule has 18 heteroatoms. The second-order valence-corrected chi connectivity index (χ2v) is 19.7. The molecule has 0 spiro atoms. The van der Waals surface area contributed by atoms with E-state index >= 15 is 0 Å². The lowest BCUT2D eigenvalue weighted by atomic mass is 10.00. The molecule has 10 rings (SSSR count). The van der Waals surface area contributed by atoms with E-state index in [0.29, 0.717) is 49.0 Å². The standard InChI is InChI=1S/2C30H31F3N6/c2*1-22-9-6-10-23(2)27(22)39-29(34-35-36-39)28(25-14-7-15-26(21-25)30(31,32)33)38-19-17-37(18-20-38)16-8-13-24-11-4-3-5-12-24/h2*3-15,21,28H,16-20H2,1-2H3/b2*13-8+/t2*28-/m10/s1. The second kappa shape index (κ2) is 24.8. The number of aromatic nitrogens is 8. The molecular formula is C60H62F6N12. The highest BCUT2D eigenvalue weighted by atomic mass is 19.4. The summed E-state index contributed by atoms with van der Waals surface area (Å²) in [6.07, 6.45) is -0.369. The van der Waals surface area contributed by atoms with Crippen molar-refractivity contribution in [3.8, 4) is 11.4 Å². The molecule has 0 bridgehead atoms. The first-order valence-corrected chi connectivity index (χ1v) is 26.0. The van der Waals surface area contributed by atoms with Crippen LogP contribution in [0.5, 0.6) is 0 Å². The second-order valence-electron chi connectivity index (χ2n) is 19.7. The number of rotatable bonds is 14. The highest BCUT2D eigenvalue weighted by Gasteiger charge is 2.37. The van der Waals surface area contributed by atoms with E-state index in [0.717, 1.165) is 96.2 Å². The van der Waals surface area contributed by atoms with Gasteiger partial charge in [-0.1, -0.05) is 146 Å². The topological polar surface area (TPSA) is 100 Å². The van der Waals surface area contributed by atoms with Gasteiger partial charge in [-0.2, -0.15) is 35.7 Å². The lowest BCUT2D eigenvalue weighted by molar-refractivity contribution is -0.138. The third-order valence-corrected chi connectivity index (χ3v) is 14.3. The van der Waals surface area contributed by atoms with Crippen LogP contribution in [0.4, 0.5) is 26.3 Å². The Morgan fingerprint density at radius 1 is 0.436 bits per heavy atom. The molecule has 8 aromatic rings. The predicted molar refractivity (Wildman–Crippen MR) is 291 cm³/mol. The molecule has 2 aliphatic heterocycles. The molecule has 2 atom stereocenters. The van der Waals surface area contributed by atoms with Crippen molar-refractivity contribution in [2.75, 3.05) is 65.4 Å². The SMILES string of the molecule is Cc1cccc(C)c1-n1nnnc1[C@@H](c1cccc(C(F)(F)F)c1)N1CCN(C/C=C/c2ccccc2)CC1.Cc1cccc(C)c1-n1nnnc1[C@H](c1cccc(C(F)(F)F)c1)N1CCN(C/C=C/c2ccccc2)CC1. The molecule has 12 nitrogen and oxygen atoms in total. The van der Waals surface area contributed by atoms with E-state index in [-0.39, 0.29) is 0 Å². The summed E-state index contributed by atoms with van der Waals surface area (Å²) in [6, 6.07) is 42.1. The molecule has 6 aromatic carbocycles. The Morgan fingerprint density at radius 3 is 1.13 bits per heavy atom. The summed E-state index contributed by atoms with van der Waals surface area (Å²) in [4.78, 5) is 9.05. The number of tetrazole rings is 2. The van der Waals surface area contributed by atoms with Crippen molar-refractivity contribution in [1.29, 1.82) is 0 Å². The summed E-state index contributed by atoms with van der Waals surface area (Å²) >= 11 is 0. The summed E-state index contributed by atoms with van der Waals surface area (Å²) in [5.74, 6) is 1.01. The van der Waals surface area contributed by atoms with E-state index in [2.05, 4.69) is 99.2 Å². The maximum Gasteiger partial charge on any atom is 0.416 e. The molecule has 2 saturated heterocycles. The number of halogens is 6. The highest BCUT2D eigenvalue weighted by molar-refractivity contribution is 5.51. The Balaban J connectivity index is 0.000000190. The van der Waals surface area contributed by atoms with Crippen LogP contribution >= 0.6 is 0 Å². The Hall–Kier alpha value is -7.64. The molecule has 2 aliphatic rings. The molecule has 2 fully saturated rings. The summed E-state index contributed by atoms with van der Waals surface area (Å²) in [7, 11) is 0. The van der Waals surface area contributed by atoms with Crippen molar-refractivity contribution < 1.29 is 26.3 Å². The van der Waals surface area contributed by atoms with Gasteiger partial charge in [-0.3, -0.25) is 19.6 Å².